The average Bonchev–Trinajstić information content (AvgIpc) is 3.09. The van der Waals surface area contributed by atoms with E-state index in [4.69, 9.17) is 4.52 Å². The standard InChI is InChI=1S/C20H19N3O2/c1-13-21-19(23-25-13)15-8-4-9-16(12-15)20(24)22-18-11-5-7-14-6-2-3-10-17(14)18/h4-5,7-9,11-12H,2-3,6,10H2,1H3,(H,22,24). The van der Waals surface area contributed by atoms with Crippen LogP contribution in [0.1, 0.15) is 40.2 Å². The van der Waals surface area contributed by atoms with Crippen LogP contribution in [0, 0.1) is 6.92 Å². The second-order valence-corrected chi connectivity index (χ2v) is 6.32. The summed E-state index contributed by atoms with van der Waals surface area (Å²) in [7, 11) is 0. The molecule has 0 spiro atoms. The summed E-state index contributed by atoms with van der Waals surface area (Å²) in [5, 5.41) is 6.98. The lowest BCUT2D eigenvalue weighted by molar-refractivity contribution is 0.102. The van der Waals surface area contributed by atoms with Crippen molar-refractivity contribution in [3.05, 3.63) is 65.0 Å². The van der Waals surface area contributed by atoms with Crippen LogP contribution in [0.3, 0.4) is 0 Å². The number of carbonyl (C=O) groups excluding carboxylic acids is 1. The lowest BCUT2D eigenvalue weighted by atomic mass is 9.90. The second kappa shape index (κ2) is 6.51. The van der Waals surface area contributed by atoms with E-state index < -0.39 is 0 Å². The van der Waals surface area contributed by atoms with E-state index in [0.29, 0.717) is 17.3 Å². The van der Waals surface area contributed by atoms with Gasteiger partial charge >= 0.3 is 0 Å². The van der Waals surface area contributed by atoms with Crippen molar-refractivity contribution in [1.29, 1.82) is 0 Å². The van der Waals surface area contributed by atoms with Crippen LogP contribution in [0.25, 0.3) is 11.4 Å². The Morgan fingerprint density at radius 2 is 1.96 bits per heavy atom. The summed E-state index contributed by atoms with van der Waals surface area (Å²) in [6.07, 6.45) is 4.50. The zero-order chi connectivity index (χ0) is 17.2. The molecule has 1 heterocycles. The molecule has 3 aromatic rings. The maximum Gasteiger partial charge on any atom is 0.255 e. The van der Waals surface area contributed by atoms with Crippen molar-refractivity contribution in [2.24, 2.45) is 0 Å². The number of benzene rings is 2. The van der Waals surface area contributed by atoms with Crippen LogP contribution in [-0.2, 0) is 12.8 Å². The number of anilines is 1. The number of fused-ring (bicyclic) bond motifs is 1. The number of hydrogen-bond acceptors (Lipinski definition) is 4. The van der Waals surface area contributed by atoms with Gasteiger partial charge in [-0.25, -0.2) is 0 Å². The number of rotatable bonds is 3. The lowest BCUT2D eigenvalue weighted by Crippen LogP contribution is -2.15. The molecule has 0 unspecified atom stereocenters. The van der Waals surface area contributed by atoms with Gasteiger partial charge in [0.25, 0.3) is 5.91 Å². The molecule has 2 aromatic carbocycles. The minimum absolute atomic E-state index is 0.124. The fourth-order valence-electron chi connectivity index (χ4n) is 3.31. The Bertz CT molecular complexity index is 930. The molecule has 5 nitrogen and oxygen atoms in total. The number of aryl methyl sites for hydroxylation is 2. The molecule has 0 radical (unpaired) electrons. The minimum atomic E-state index is -0.124. The van der Waals surface area contributed by atoms with Gasteiger partial charge in [0.15, 0.2) is 0 Å². The largest absolute Gasteiger partial charge is 0.339 e. The number of nitrogens with one attached hydrogen (secondary N) is 1. The average molecular weight is 333 g/mol. The Morgan fingerprint density at radius 1 is 1.12 bits per heavy atom. The Kier molecular flexibility index (Phi) is 4.06. The fraction of sp³-hybridized carbons (Fsp3) is 0.250. The van der Waals surface area contributed by atoms with Gasteiger partial charge in [-0.3, -0.25) is 4.79 Å². The topological polar surface area (TPSA) is 68.0 Å². The van der Waals surface area contributed by atoms with Gasteiger partial charge in [0, 0.05) is 23.7 Å². The van der Waals surface area contributed by atoms with Gasteiger partial charge in [-0.05, 0) is 55.0 Å². The van der Waals surface area contributed by atoms with Gasteiger partial charge in [-0.2, -0.15) is 4.98 Å². The highest BCUT2D eigenvalue weighted by atomic mass is 16.5. The molecule has 1 aromatic heterocycles. The molecular formula is C20H19N3O2. The summed E-state index contributed by atoms with van der Waals surface area (Å²) >= 11 is 0. The molecule has 0 saturated heterocycles. The molecule has 0 aliphatic heterocycles. The molecule has 4 rings (SSSR count). The van der Waals surface area contributed by atoms with Crippen LogP contribution >= 0.6 is 0 Å². The molecule has 0 fully saturated rings. The van der Waals surface area contributed by atoms with Gasteiger partial charge in [0.2, 0.25) is 11.7 Å². The van der Waals surface area contributed by atoms with Crippen molar-refractivity contribution >= 4 is 11.6 Å². The van der Waals surface area contributed by atoms with Gasteiger partial charge in [-0.15, -0.1) is 0 Å². The fourth-order valence-corrected chi connectivity index (χ4v) is 3.31. The second-order valence-electron chi connectivity index (χ2n) is 6.32. The predicted molar refractivity (Wildman–Crippen MR) is 95.5 cm³/mol. The zero-order valence-electron chi connectivity index (χ0n) is 14.1. The van der Waals surface area contributed by atoms with E-state index in [2.05, 4.69) is 21.5 Å². The molecular weight excluding hydrogens is 314 g/mol. The third-order valence-electron chi connectivity index (χ3n) is 4.55. The normalized spacial score (nSPS) is 13.3. The maximum atomic E-state index is 12.7. The first-order chi connectivity index (χ1) is 12.2. The zero-order valence-corrected chi connectivity index (χ0v) is 14.1. The predicted octanol–water partition coefficient (Wildman–Crippen LogP) is 4.18. The number of amides is 1. The van der Waals surface area contributed by atoms with Crippen LogP contribution < -0.4 is 5.32 Å². The number of aromatic nitrogens is 2. The van der Waals surface area contributed by atoms with Crippen molar-refractivity contribution in [2.45, 2.75) is 32.6 Å². The summed E-state index contributed by atoms with van der Waals surface area (Å²) < 4.78 is 5.02. The number of carbonyl (C=O) groups is 1. The van der Waals surface area contributed by atoms with Crippen LogP contribution in [0.5, 0.6) is 0 Å². The van der Waals surface area contributed by atoms with Crippen molar-refractivity contribution in [3.63, 3.8) is 0 Å². The molecule has 1 aliphatic rings. The van der Waals surface area contributed by atoms with E-state index in [9.17, 15) is 4.79 Å². The molecule has 1 aliphatic carbocycles. The van der Waals surface area contributed by atoms with Crippen LogP contribution in [0.4, 0.5) is 5.69 Å². The molecule has 5 heteroatoms. The lowest BCUT2D eigenvalue weighted by Gasteiger charge is -2.19. The SMILES string of the molecule is Cc1nc(-c2cccc(C(=O)Nc3cccc4c3CCCC4)c2)no1. The van der Waals surface area contributed by atoms with Crippen LogP contribution in [0.2, 0.25) is 0 Å². The van der Waals surface area contributed by atoms with Crippen LogP contribution in [-0.4, -0.2) is 16.0 Å². The first kappa shape index (κ1) is 15.6. The Balaban J connectivity index is 1.60. The van der Waals surface area contributed by atoms with E-state index in [1.807, 2.05) is 24.3 Å². The summed E-state index contributed by atoms with van der Waals surface area (Å²) in [6.45, 7) is 1.74. The van der Waals surface area contributed by atoms with Crippen molar-refractivity contribution in [2.75, 3.05) is 5.32 Å². The highest BCUT2D eigenvalue weighted by molar-refractivity contribution is 6.05. The molecule has 126 valence electrons. The van der Waals surface area contributed by atoms with Crippen molar-refractivity contribution < 1.29 is 9.32 Å². The maximum absolute atomic E-state index is 12.7. The van der Waals surface area contributed by atoms with E-state index in [0.717, 1.165) is 24.1 Å². The van der Waals surface area contributed by atoms with Crippen LogP contribution in [0.15, 0.2) is 47.0 Å². The van der Waals surface area contributed by atoms with E-state index >= 15 is 0 Å². The summed E-state index contributed by atoms with van der Waals surface area (Å²) in [5.74, 6) is 0.867. The highest BCUT2D eigenvalue weighted by Gasteiger charge is 2.16. The first-order valence-electron chi connectivity index (χ1n) is 8.53. The number of hydrogen-bond donors (Lipinski definition) is 1. The van der Waals surface area contributed by atoms with Crippen molar-refractivity contribution in [1.82, 2.24) is 10.1 Å². The molecule has 1 N–H and O–H groups in total. The monoisotopic (exact) mass is 333 g/mol. The number of nitrogens with zero attached hydrogens (tertiary/aromatic N) is 2. The van der Waals surface area contributed by atoms with E-state index in [1.165, 1.54) is 24.0 Å². The first-order valence-corrected chi connectivity index (χ1v) is 8.53. The van der Waals surface area contributed by atoms with E-state index in [-0.39, 0.29) is 5.91 Å². The highest BCUT2D eigenvalue weighted by Crippen LogP contribution is 2.28. The molecule has 0 saturated carbocycles. The summed E-state index contributed by atoms with van der Waals surface area (Å²) in [4.78, 5) is 16.9. The molecule has 25 heavy (non-hydrogen) atoms. The molecule has 0 atom stereocenters. The Labute approximate surface area is 146 Å². The van der Waals surface area contributed by atoms with Gasteiger partial charge < -0.3 is 9.84 Å². The Hall–Kier alpha value is -2.95. The summed E-state index contributed by atoms with van der Waals surface area (Å²) in [5.41, 5.74) is 4.88. The van der Waals surface area contributed by atoms with E-state index in [1.54, 1.807) is 19.1 Å². The van der Waals surface area contributed by atoms with Gasteiger partial charge in [0.05, 0.1) is 0 Å². The van der Waals surface area contributed by atoms with Gasteiger partial charge in [-0.1, -0.05) is 29.4 Å². The third-order valence-corrected chi connectivity index (χ3v) is 4.55. The smallest absolute Gasteiger partial charge is 0.255 e. The molecule has 1 amide bonds. The Morgan fingerprint density at radius 3 is 2.80 bits per heavy atom. The third kappa shape index (κ3) is 3.18. The van der Waals surface area contributed by atoms with Crippen molar-refractivity contribution in [3.8, 4) is 11.4 Å². The summed E-state index contributed by atoms with van der Waals surface area (Å²) in [6, 6.07) is 13.4. The quantitative estimate of drug-likeness (QED) is 0.781. The van der Waals surface area contributed by atoms with Gasteiger partial charge in [0.1, 0.15) is 0 Å². The molecule has 0 bridgehead atoms. The minimum Gasteiger partial charge on any atom is -0.339 e.